The van der Waals surface area contributed by atoms with Crippen LogP contribution in [0.1, 0.15) is 41.3 Å². The van der Waals surface area contributed by atoms with Gasteiger partial charge in [0.2, 0.25) is 5.82 Å². The number of rotatable bonds is 6. The lowest BCUT2D eigenvalue weighted by Gasteiger charge is -2.52. The van der Waals surface area contributed by atoms with Crippen LogP contribution < -0.4 is 0 Å². The predicted octanol–water partition coefficient (Wildman–Crippen LogP) is 2.35. The average molecular weight is 567 g/mol. The molecule has 12 nitrogen and oxygen atoms in total. The largest absolute Gasteiger partial charge is 0.451 e. The third kappa shape index (κ3) is 4.89. The van der Waals surface area contributed by atoms with Gasteiger partial charge in [0.05, 0.1) is 42.2 Å². The number of aliphatic hydroxyl groups is 1. The molecule has 5 heterocycles. The molecule has 2 N–H and O–H groups in total. The number of piperazine rings is 1. The number of fused-ring (bicyclic) bond motifs is 1. The van der Waals surface area contributed by atoms with E-state index in [2.05, 4.69) is 41.0 Å². The van der Waals surface area contributed by atoms with Gasteiger partial charge in [-0.1, -0.05) is 0 Å². The van der Waals surface area contributed by atoms with Crippen LogP contribution in [0.25, 0.3) is 22.3 Å². The van der Waals surface area contributed by atoms with E-state index in [9.17, 15) is 28.3 Å². The van der Waals surface area contributed by atoms with Crippen molar-refractivity contribution in [2.75, 3.05) is 26.2 Å². The molecular formula is C26H25F3N10O2. The first-order valence-corrected chi connectivity index (χ1v) is 13.0. The van der Waals surface area contributed by atoms with Gasteiger partial charge in [-0.25, -0.2) is 19.9 Å². The number of nitriles is 1. The number of H-pyrrole nitrogens is 1. The van der Waals surface area contributed by atoms with Crippen molar-refractivity contribution < 1.29 is 23.1 Å². The minimum absolute atomic E-state index is 0.167. The molecule has 4 aromatic heterocycles. The Hall–Kier alpha value is -4.42. The Balaban J connectivity index is 1.12. The Labute approximate surface area is 231 Å². The lowest BCUT2D eigenvalue weighted by Crippen LogP contribution is -2.60. The van der Waals surface area contributed by atoms with Crippen LogP contribution in [0.2, 0.25) is 0 Å². The number of carbonyl (C=O) groups is 1. The lowest BCUT2D eigenvalue weighted by atomic mass is 9.70. The molecule has 1 aliphatic heterocycles. The fourth-order valence-electron chi connectivity index (χ4n) is 5.71. The first-order chi connectivity index (χ1) is 19.7. The Morgan fingerprint density at radius 3 is 2.68 bits per heavy atom. The van der Waals surface area contributed by atoms with Gasteiger partial charge in [-0.15, -0.1) is 0 Å². The summed E-state index contributed by atoms with van der Waals surface area (Å²) in [5.41, 5.74) is 1.18. The molecule has 4 aromatic rings. The van der Waals surface area contributed by atoms with Crippen LogP contribution in [0, 0.1) is 11.3 Å². The number of aromatic nitrogens is 7. The number of hydrogen-bond donors (Lipinski definition) is 2. The first kappa shape index (κ1) is 26.8. The third-order valence-corrected chi connectivity index (χ3v) is 7.87. The van der Waals surface area contributed by atoms with Crippen molar-refractivity contribution in [2.24, 2.45) is 0 Å². The van der Waals surface area contributed by atoms with Crippen LogP contribution in [0.5, 0.6) is 0 Å². The molecule has 1 aliphatic carbocycles. The van der Waals surface area contributed by atoms with E-state index in [1.807, 2.05) is 16.9 Å². The Kier molecular flexibility index (Phi) is 6.66. The molecule has 0 aromatic carbocycles. The minimum atomic E-state index is -4.84. The monoisotopic (exact) mass is 566 g/mol. The summed E-state index contributed by atoms with van der Waals surface area (Å²) in [6.07, 6.45) is 3.78. The molecule has 0 spiro atoms. The van der Waals surface area contributed by atoms with Crippen LogP contribution in [-0.4, -0.2) is 87.7 Å². The van der Waals surface area contributed by atoms with Crippen LogP contribution in [-0.2, 0) is 18.3 Å². The van der Waals surface area contributed by atoms with Crippen molar-refractivity contribution in [1.82, 2.24) is 44.5 Å². The Morgan fingerprint density at radius 2 is 1.98 bits per heavy atom. The molecule has 1 saturated heterocycles. The molecule has 0 bridgehead atoms. The predicted molar refractivity (Wildman–Crippen MR) is 137 cm³/mol. The maximum Gasteiger partial charge on any atom is 0.451 e. The van der Waals surface area contributed by atoms with Crippen LogP contribution in [0.3, 0.4) is 0 Å². The second-order valence-corrected chi connectivity index (χ2v) is 10.3. The van der Waals surface area contributed by atoms with Gasteiger partial charge in [-0.3, -0.25) is 14.4 Å². The number of nitrogens with one attached hydrogen (secondary N) is 1. The molecule has 15 heteroatoms. The smallest absolute Gasteiger partial charge is 0.390 e. The van der Waals surface area contributed by atoms with E-state index in [4.69, 9.17) is 0 Å². The molecule has 2 aliphatic rings. The maximum atomic E-state index is 13.2. The zero-order valence-corrected chi connectivity index (χ0v) is 21.7. The molecule has 0 atom stereocenters. The highest BCUT2D eigenvalue weighted by Crippen LogP contribution is 2.45. The second-order valence-electron chi connectivity index (χ2n) is 10.3. The molecule has 0 unspecified atom stereocenters. The van der Waals surface area contributed by atoms with Gasteiger partial charge >= 0.3 is 6.18 Å². The van der Waals surface area contributed by atoms with E-state index in [-0.39, 0.29) is 18.2 Å². The summed E-state index contributed by atoms with van der Waals surface area (Å²) in [6.45, 7) is 0.943. The molecule has 1 saturated carbocycles. The lowest BCUT2D eigenvalue weighted by molar-refractivity contribution is -0.145. The van der Waals surface area contributed by atoms with Crippen molar-refractivity contribution in [3.63, 3.8) is 0 Å². The second kappa shape index (κ2) is 10.2. The highest BCUT2D eigenvalue weighted by molar-refractivity contribution is 5.92. The third-order valence-electron chi connectivity index (χ3n) is 7.87. The zero-order valence-electron chi connectivity index (χ0n) is 21.7. The molecule has 2 fully saturated rings. The van der Waals surface area contributed by atoms with Crippen molar-refractivity contribution in [1.29, 1.82) is 5.26 Å². The number of nitrogens with zero attached hydrogens (tertiary/aromatic N) is 9. The maximum absolute atomic E-state index is 13.2. The zero-order chi connectivity index (χ0) is 28.8. The van der Waals surface area contributed by atoms with Gasteiger partial charge in [0.15, 0.2) is 0 Å². The normalized spacial score (nSPS) is 21.5. The highest BCUT2D eigenvalue weighted by Gasteiger charge is 2.49. The SMILES string of the molecule is N#CC[C@]1(n2cc(-c3ncnc4[nH]ccc34)cn2)C[C@H](N2CCN(C(=O)c3cc(CO)nc(C(F)(F)F)n3)CC2)C1. The van der Waals surface area contributed by atoms with Crippen molar-refractivity contribution in [3.05, 3.63) is 54.3 Å². The first-order valence-electron chi connectivity index (χ1n) is 13.0. The van der Waals surface area contributed by atoms with Crippen LogP contribution >= 0.6 is 0 Å². The average Bonchev–Trinajstić information content (AvgIpc) is 3.64. The summed E-state index contributed by atoms with van der Waals surface area (Å²) in [7, 11) is 0. The van der Waals surface area contributed by atoms with E-state index < -0.39 is 35.7 Å². The van der Waals surface area contributed by atoms with Crippen molar-refractivity contribution in [3.8, 4) is 17.3 Å². The molecular weight excluding hydrogens is 541 g/mol. The topological polar surface area (TPSA) is 153 Å². The fraction of sp³-hybridized carbons (Fsp3) is 0.423. The van der Waals surface area contributed by atoms with Gasteiger partial charge < -0.3 is 15.0 Å². The van der Waals surface area contributed by atoms with Crippen LogP contribution in [0.4, 0.5) is 13.2 Å². The number of aliphatic hydroxyl groups excluding tert-OH is 1. The fourth-order valence-corrected chi connectivity index (χ4v) is 5.71. The molecule has 6 rings (SSSR count). The summed E-state index contributed by atoms with van der Waals surface area (Å²) in [5.74, 6) is -2.08. The molecule has 212 valence electrons. The number of amides is 1. The standard InChI is InChI=1S/C26H25F3N10O2/c27-26(28,29)24-35-17(14-40)9-20(36-24)23(41)38-7-5-37(6-8-38)18-10-25(11-18,2-3-30)39-13-16(12-34-39)21-19-1-4-31-22(19)33-15-32-21/h1,4,9,12-13,15,18,40H,2,5-8,10-11,14H2,(H,31,32,33)/t18-,25-. The molecule has 41 heavy (non-hydrogen) atoms. The van der Waals surface area contributed by atoms with E-state index in [0.29, 0.717) is 39.0 Å². The molecule has 1 amide bonds. The van der Waals surface area contributed by atoms with Gasteiger partial charge in [-0.2, -0.15) is 23.5 Å². The minimum Gasteiger partial charge on any atom is -0.390 e. The summed E-state index contributed by atoms with van der Waals surface area (Å²) >= 11 is 0. The number of hydrogen-bond acceptors (Lipinski definition) is 9. The Morgan fingerprint density at radius 1 is 1.20 bits per heavy atom. The summed E-state index contributed by atoms with van der Waals surface area (Å²) in [6, 6.07) is 5.46. The van der Waals surface area contributed by atoms with Gasteiger partial charge in [0.1, 0.15) is 17.7 Å². The quantitative estimate of drug-likeness (QED) is 0.358. The van der Waals surface area contributed by atoms with Gasteiger partial charge in [-0.05, 0) is 25.0 Å². The van der Waals surface area contributed by atoms with E-state index >= 15 is 0 Å². The van der Waals surface area contributed by atoms with E-state index in [0.717, 1.165) is 28.4 Å². The number of aromatic amines is 1. The number of halogens is 3. The summed E-state index contributed by atoms with van der Waals surface area (Å²) < 4.78 is 41.4. The number of carbonyl (C=O) groups excluding carboxylic acids is 1. The van der Waals surface area contributed by atoms with Crippen molar-refractivity contribution >= 4 is 16.9 Å². The Bertz CT molecular complexity index is 1630. The number of alkyl halides is 3. The van der Waals surface area contributed by atoms with Crippen molar-refractivity contribution in [2.45, 2.75) is 43.6 Å². The van der Waals surface area contributed by atoms with E-state index in [1.54, 1.807) is 12.4 Å². The molecule has 0 radical (unpaired) electrons. The van der Waals surface area contributed by atoms with E-state index in [1.165, 1.54) is 11.2 Å². The summed E-state index contributed by atoms with van der Waals surface area (Å²) in [5, 5.41) is 24.4. The van der Waals surface area contributed by atoms with Gasteiger partial charge in [0, 0.05) is 55.6 Å². The summed E-state index contributed by atoms with van der Waals surface area (Å²) in [4.78, 5) is 35.1. The van der Waals surface area contributed by atoms with Gasteiger partial charge in [0.25, 0.3) is 5.91 Å². The van der Waals surface area contributed by atoms with Crippen LogP contribution in [0.15, 0.2) is 37.1 Å². The highest BCUT2D eigenvalue weighted by atomic mass is 19.4.